The summed E-state index contributed by atoms with van der Waals surface area (Å²) in [6.07, 6.45) is 1.33. The van der Waals surface area contributed by atoms with E-state index in [4.69, 9.17) is 4.52 Å². The number of sulfone groups is 1. The van der Waals surface area contributed by atoms with E-state index in [1.54, 1.807) is 43.3 Å². The van der Waals surface area contributed by atoms with Crippen LogP contribution in [0, 0.1) is 6.92 Å². The van der Waals surface area contributed by atoms with Crippen LogP contribution in [0.15, 0.2) is 87.2 Å². The molecular formula is C30H29N7O5S. The third-order valence-corrected chi connectivity index (χ3v) is 9.26. The zero-order valence-corrected chi connectivity index (χ0v) is 24.3. The Balaban J connectivity index is 1.32. The molecule has 2 aromatic heterocycles. The lowest BCUT2D eigenvalue weighted by Gasteiger charge is -2.34. The van der Waals surface area contributed by atoms with Gasteiger partial charge in [-0.15, -0.1) is 0 Å². The van der Waals surface area contributed by atoms with Gasteiger partial charge in [-0.1, -0.05) is 23.4 Å². The van der Waals surface area contributed by atoms with E-state index in [1.807, 2.05) is 6.07 Å². The van der Waals surface area contributed by atoms with Crippen molar-refractivity contribution in [2.24, 2.45) is 0 Å². The van der Waals surface area contributed by atoms with Crippen molar-refractivity contribution in [2.75, 3.05) is 48.8 Å². The molecule has 1 aliphatic heterocycles. The van der Waals surface area contributed by atoms with Crippen LogP contribution in [-0.4, -0.2) is 73.7 Å². The molecule has 1 fully saturated rings. The Bertz CT molecular complexity index is 1930. The van der Waals surface area contributed by atoms with Gasteiger partial charge in [-0.05, 0) is 62.5 Å². The Labute approximate surface area is 247 Å². The highest BCUT2D eigenvalue weighted by molar-refractivity contribution is 7.91. The van der Waals surface area contributed by atoms with Crippen LogP contribution >= 0.6 is 0 Å². The minimum atomic E-state index is -3.79. The summed E-state index contributed by atoms with van der Waals surface area (Å²) in [6.45, 7) is 5.00. The molecule has 12 nitrogen and oxygen atoms in total. The Kier molecular flexibility index (Phi) is 7.42. The second-order valence-electron chi connectivity index (χ2n) is 10.3. The Morgan fingerprint density at radius 2 is 1.63 bits per heavy atom. The summed E-state index contributed by atoms with van der Waals surface area (Å²) in [5.41, 5.74) is 2.16. The first kappa shape index (κ1) is 28.1. The van der Waals surface area contributed by atoms with Gasteiger partial charge in [0.25, 0.3) is 11.8 Å². The van der Waals surface area contributed by atoms with Crippen molar-refractivity contribution in [1.82, 2.24) is 20.3 Å². The zero-order chi connectivity index (χ0) is 30.1. The monoisotopic (exact) mass is 599 g/mol. The van der Waals surface area contributed by atoms with Crippen LogP contribution in [0.2, 0.25) is 0 Å². The molecule has 220 valence electrons. The van der Waals surface area contributed by atoms with E-state index in [1.165, 1.54) is 30.5 Å². The number of benzene rings is 3. The molecule has 0 radical (unpaired) electrons. The van der Waals surface area contributed by atoms with Crippen molar-refractivity contribution in [1.29, 1.82) is 0 Å². The molecular weight excluding hydrogens is 570 g/mol. The van der Waals surface area contributed by atoms with Crippen LogP contribution in [0.1, 0.15) is 26.5 Å². The number of aryl methyl sites for hydroxylation is 1. The highest BCUT2D eigenvalue weighted by Gasteiger charge is 2.23. The van der Waals surface area contributed by atoms with Gasteiger partial charge in [0.2, 0.25) is 9.84 Å². The lowest BCUT2D eigenvalue weighted by atomic mass is 10.1. The predicted molar refractivity (Wildman–Crippen MR) is 161 cm³/mol. The van der Waals surface area contributed by atoms with Gasteiger partial charge in [-0.3, -0.25) is 14.7 Å². The fraction of sp³-hybridized carbons (Fsp3) is 0.200. The highest BCUT2D eigenvalue weighted by atomic mass is 32.2. The number of rotatable bonds is 7. The number of carbonyl (C=O) groups excluding carboxylic acids is 2. The van der Waals surface area contributed by atoms with Crippen molar-refractivity contribution >= 4 is 49.7 Å². The summed E-state index contributed by atoms with van der Waals surface area (Å²) in [4.78, 5) is 31.4. The quantitative estimate of drug-likeness (QED) is 0.252. The van der Waals surface area contributed by atoms with Gasteiger partial charge in [0, 0.05) is 37.3 Å². The number of aromatic nitrogens is 3. The predicted octanol–water partition coefficient (Wildman–Crippen LogP) is 3.95. The molecule has 1 saturated heterocycles. The van der Waals surface area contributed by atoms with E-state index in [2.05, 4.69) is 42.8 Å². The number of hydrogen-bond acceptors (Lipinski definition) is 9. The minimum Gasteiger partial charge on any atom is -0.369 e. The molecule has 3 N–H and O–H groups in total. The number of piperazine rings is 1. The molecule has 1 aliphatic rings. The molecule has 13 heteroatoms. The number of likely N-dealkylation sites (N-methyl/N-ethyl adjacent to an activating group) is 1. The number of aromatic amines is 1. The Morgan fingerprint density at radius 1 is 0.884 bits per heavy atom. The SMILES string of the molecule is Cc1oncc1C(=O)Nc1cc(N2CCN(C)CC2)ccc1C(=O)Nc1n[nH]c2ccc(S(=O)(=O)c3ccccc3)cc12. The second-order valence-corrected chi connectivity index (χ2v) is 12.3. The van der Waals surface area contributed by atoms with Gasteiger partial charge >= 0.3 is 0 Å². The maximum Gasteiger partial charge on any atom is 0.260 e. The summed E-state index contributed by atoms with van der Waals surface area (Å²) in [6, 6.07) is 18.0. The number of fused-ring (bicyclic) bond motifs is 1. The van der Waals surface area contributed by atoms with Gasteiger partial charge in [0.05, 0.1) is 32.8 Å². The van der Waals surface area contributed by atoms with E-state index in [0.29, 0.717) is 22.4 Å². The zero-order valence-electron chi connectivity index (χ0n) is 23.5. The summed E-state index contributed by atoms with van der Waals surface area (Å²) in [5, 5.41) is 16.8. The molecule has 0 spiro atoms. The molecule has 0 unspecified atom stereocenters. The van der Waals surface area contributed by atoms with Gasteiger partial charge < -0.3 is 25.0 Å². The van der Waals surface area contributed by atoms with Crippen LogP contribution in [0.3, 0.4) is 0 Å². The average Bonchev–Trinajstić information content (AvgIpc) is 3.63. The maximum absolute atomic E-state index is 13.7. The van der Waals surface area contributed by atoms with Crippen molar-refractivity contribution < 1.29 is 22.5 Å². The molecule has 5 aromatic rings. The molecule has 3 aromatic carbocycles. The molecule has 2 amide bonds. The number of carbonyl (C=O) groups is 2. The molecule has 0 bridgehead atoms. The number of anilines is 3. The highest BCUT2D eigenvalue weighted by Crippen LogP contribution is 2.30. The topological polar surface area (TPSA) is 154 Å². The van der Waals surface area contributed by atoms with E-state index < -0.39 is 21.7 Å². The fourth-order valence-corrected chi connectivity index (χ4v) is 6.28. The van der Waals surface area contributed by atoms with Gasteiger partial charge in [0.15, 0.2) is 5.82 Å². The maximum atomic E-state index is 13.7. The second kappa shape index (κ2) is 11.3. The van der Waals surface area contributed by atoms with Gasteiger partial charge in [0.1, 0.15) is 11.3 Å². The van der Waals surface area contributed by atoms with Crippen LogP contribution < -0.4 is 15.5 Å². The first-order valence-electron chi connectivity index (χ1n) is 13.6. The smallest absolute Gasteiger partial charge is 0.260 e. The number of nitrogens with one attached hydrogen (secondary N) is 3. The lowest BCUT2D eigenvalue weighted by Crippen LogP contribution is -2.44. The van der Waals surface area contributed by atoms with Crippen LogP contribution in [-0.2, 0) is 9.84 Å². The third kappa shape index (κ3) is 5.59. The summed E-state index contributed by atoms with van der Waals surface area (Å²) >= 11 is 0. The number of amides is 2. The largest absolute Gasteiger partial charge is 0.369 e. The fourth-order valence-electron chi connectivity index (χ4n) is 4.97. The first-order valence-corrected chi connectivity index (χ1v) is 15.1. The number of hydrogen-bond donors (Lipinski definition) is 3. The van der Waals surface area contributed by atoms with Crippen molar-refractivity contribution in [3.05, 3.63) is 89.8 Å². The minimum absolute atomic E-state index is 0.0664. The van der Waals surface area contributed by atoms with Gasteiger partial charge in [-0.25, -0.2) is 8.42 Å². The molecule has 0 aliphatic carbocycles. The number of nitrogens with zero attached hydrogens (tertiary/aromatic N) is 4. The normalized spacial score (nSPS) is 14.1. The molecule has 3 heterocycles. The van der Waals surface area contributed by atoms with E-state index in [9.17, 15) is 18.0 Å². The Morgan fingerprint density at radius 3 is 2.35 bits per heavy atom. The van der Waals surface area contributed by atoms with E-state index in [0.717, 1.165) is 31.9 Å². The molecule has 43 heavy (non-hydrogen) atoms. The van der Waals surface area contributed by atoms with Crippen LogP contribution in [0.4, 0.5) is 17.2 Å². The van der Waals surface area contributed by atoms with E-state index in [-0.39, 0.29) is 26.7 Å². The molecule has 0 saturated carbocycles. The molecule has 6 rings (SSSR count). The summed E-state index contributed by atoms with van der Waals surface area (Å²) < 4.78 is 31.5. The van der Waals surface area contributed by atoms with Crippen molar-refractivity contribution in [2.45, 2.75) is 16.7 Å². The molecule has 0 atom stereocenters. The van der Waals surface area contributed by atoms with Gasteiger partial charge in [-0.2, -0.15) is 5.10 Å². The average molecular weight is 600 g/mol. The first-order chi connectivity index (χ1) is 20.7. The van der Waals surface area contributed by atoms with E-state index >= 15 is 0 Å². The third-order valence-electron chi connectivity index (χ3n) is 7.49. The van der Waals surface area contributed by atoms with Crippen molar-refractivity contribution in [3.63, 3.8) is 0 Å². The van der Waals surface area contributed by atoms with Crippen LogP contribution in [0.25, 0.3) is 10.9 Å². The standard InChI is InChI=1S/C30H29N7O5S/c1-19-25(18-31-42-19)30(39)32-27-16-20(37-14-12-36(2)13-15-37)8-10-23(27)29(38)33-28-24-17-22(9-11-26(24)34-35-28)43(40,41)21-6-4-3-5-7-21/h3-11,16-18H,12-15H2,1-2H3,(H,32,39)(H2,33,34,35,38). The van der Waals surface area contributed by atoms with Crippen LogP contribution in [0.5, 0.6) is 0 Å². The lowest BCUT2D eigenvalue weighted by molar-refractivity contribution is 0.102. The summed E-state index contributed by atoms with van der Waals surface area (Å²) in [7, 11) is -1.73. The van der Waals surface area contributed by atoms with Crippen molar-refractivity contribution in [3.8, 4) is 0 Å². The Hall–Kier alpha value is -5.01. The number of H-pyrrole nitrogens is 1. The summed E-state index contributed by atoms with van der Waals surface area (Å²) in [5.74, 6) is -0.500.